The first kappa shape index (κ1) is 31.3. The van der Waals surface area contributed by atoms with Gasteiger partial charge in [-0.3, -0.25) is 0 Å². The Kier molecular flexibility index (Phi) is 8.82. The zero-order chi connectivity index (χ0) is 33.6. The minimum absolute atomic E-state index is 0.358. The molecule has 49 heavy (non-hydrogen) atoms. The van der Waals surface area contributed by atoms with E-state index in [9.17, 15) is 5.26 Å². The molecule has 1 unspecified atom stereocenters. The third-order valence-electron chi connectivity index (χ3n) is 8.92. The van der Waals surface area contributed by atoms with Gasteiger partial charge in [-0.2, -0.15) is 5.26 Å². The van der Waals surface area contributed by atoms with Gasteiger partial charge in [-0.15, -0.1) is 5.10 Å². The fourth-order valence-electron chi connectivity index (χ4n) is 6.50. The van der Waals surface area contributed by atoms with Crippen LogP contribution in [0.5, 0.6) is 0 Å². The lowest BCUT2D eigenvalue weighted by molar-refractivity contribution is 0.433. The van der Waals surface area contributed by atoms with Crippen LogP contribution in [-0.2, 0) is 12.0 Å². The maximum Gasteiger partial charge on any atom is 0.181 e. The van der Waals surface area contributed by atoms with Crippen molar-refractivity contribution in [1.29, 1.82) is 5.26 Å². The molecule has 1 atom stereocenters. The van der Waals surface area contributed by atoms with Crippen LogP contribution < -0.4 is 5.32 Å². The molecular formula is C43H34FN5. The number of nitrogens with one attached hydrogen (secondary N) is 1. The Hall–Kier alpha value is -6.32. The van der Waals surface area contributed by atoms with Gasteiger partial charge in [-0.1, -0.05) is 140 Å². The number of halogens is 1. The van der Waals surface area contributed by atoms with Crippen molar-refractivity contribution in [3.05, 3.63) is 209 Å². The maximum atomic E-state index is 16.2. The SMILES string of the molecule is CCc1ccc(F)c(C(Nc2ccc(C#N)cc2)c2nc(-c3ccccc3)nn2C(c2ccccc2)(c2ccccc2)c2ccccc2)c1. The smallest absolute Gasteiger partial charge is 0.181 e. The summed E-state index contributed by atoms with van der Waals surface area (Å²) in [7, 11) is 0. The number of aromatic nitrogens is 3. The first-order valence-corrected chi connectivity index (χ1v) is 16.4. The van der Waals surface area contributed by atoms with E-state index in [2.05, 4.69) is 54.7 Å². The van der Waals surface area contributed by atoms with E-state index in [1.54, 1.807) is 12.1 Å². The number of hydrogen-bond acceptors (Lipinski definition) is 4. The predicted molar refractivity (Wildman–Crippen MR) is 192 cm³/mol. The molecule has 7 aromatic rings. The van der Waals surface area contributed by atoms with Crippen molar-refractivity contribution in [2.45, 2.75) is 24.9 Å². The Morgan fingerprint density at radius 2 is 1.24 bits per heavy atom. The Bertz CT molecular complexity index is 2090. The van der Waals surface area contributed by atoms with Gasteiger partial charge in [-0.05, 0) is 59.0 Å². The molecule has 0 saturated carbocycles. The highest BCUT2D eigenvalue weighted by Crippen LogP contribution is 2.44. The molecule has 0 amide bonds. The predicted octanol–water partition coefficient (Wildman–Crippen LogP) is 9.56. The van der Waals surface area contributed by atoms with Gasteiger partial charge in [-0.25, -0.2) is 14.1 Å². The van der Waals surface area contributed by atoms with Gasteiger partial charge in [0.2, 0.25) is 0 Å². The maximum absolute atomic E-state index is 16.2. The van der Waals surface area contributed by atoms with E-state index in [1.165, 1.54) is 6.07 Å². The van der Waals surface area contributed by atoms with Crippen molar-refractivity contribution in [3.8, 4) is 17.5 Å². The summed E-state index contributed by atoms with van der Waals surface area (Å²) in [6.07, 6.45) is 0.737. The van der Waals surface area contributed by atoms with Gasteiger partial charge in [0, 0.05) is 16.8 Å². The average molecular weight is 640 g/mol. The molecule has 0 saturated heterocycles. The molecule has 238 valence electrons. The zero-order valence-corrected chi connectivity index (χ0v) is 27.0. The summed E-state index contributed by atoms with van der Waals surface area (Å²) in [6, 6.07) is 54.5. The summed E-state index contributed by atoms with van der Waals surface area (Å²) in [5, 5.41) is 18.5. The van der Waals surface area contributed by atoms with Crippen LogP contribution in [0, 0.1) is 17.1 Å². The molecule has 0 aliphatic carbocycles. The topological polar surface area (TPSA) is 66.5 Å². The summed E-state index contributed by atoms with van der Waals surface area (Å²) in [5.41, 5.74) is 5.43. The van der Waals surface area contributed by atoms with Crippen LogP contribution in [0.1, 0.15) is 52.2 Å². The lowest BCUT2D eigenvalue weighted by Crippen LogP contribution is -2.41. The van der Waals surface area contributed by atoms with Crippen molar-refractivity contribution in [2.75, 3.05) is 5.32 Å². The van der Waals surface area contributed by atoms with Crippen molar-refractivity contribution < 1.29 is 4.39 Å². The Morgan fingerprint density at radius 3 is 1.76 bits per heavy atom. The molecule has 6 aromatic carbocycles. The summed E-state index contributed by atoms with van der Waals surface area (Å²) >= 11 is 0. The Balaban J connectivity index is 1.60. The third-order valence-corrected chi connectivity index (χ3v) is 8.92. The van der Waals surface area contributed by atoms with Gasteiger partial charge < -0.3 is 5.32 Å². The Labute approximate surface area is 286 Å². The highest BCUT2D eigenvalue weighted by molar-refractivity contribution is 5.58. The molecule has 0 bridgehead atoms. The van der Waals surface area contributed by atoms with Crippen molar-refractivity contribution in [2.24, 2.45) is 0 Å². The highest BCUT2D eigenvalue weighted by atomic mass is 19.1. The van der Waals surface area contributed by atoms with E-state index in [0.29, 0.717) is 28.5 Å². The summed E-state index contributed by atoms with van der Waals surface area (Å²) in [4.78, 5) is 5.30. The monoisotopic (exact) mass is 639 g/mol. The van der Waals surface area contributed by atoms with Crippen LogP contribution in [0.15, 0.2) is 164 Å². The molecule has 0 aliphatic heterocycles. The second-order valence-electron chi connectivity index (χ2n) is 11.9. The van der Waals surface area contributed by atoms with Crippen molar-refractivity contribution in [3.63, 3.8) is 0 Å². The minimum Gasteiger partial charge on any atom is -0.371 e. The molecule has 0 radical (unpaired) electrons. The van der Waals surface area contributed by atoms with E-state index in [-0.39, 0.29) is 5.82 Å². The number of aryl methyl sites for hydroxylation is 1. The van der Waals surface area contributed by atoms with Crippen LogP contribution in [-0.4, -0.2) is 14.8 Å². The van der Waals surface area contributed by atoms with Crippen LogP contribution in [0.3, 0.4) is 0 Å². The van der Waals surface area contributed by atoms with Gasteiger partial charge >= 0.3 is 0 Å². The number of anilines is 1. The van der Waals surface area contributed by atoms with E-state index in [1.807, 2.05) is 114 Å². The molecule has 0 aliphatic rings. The summed E-state index contributed by atoms with van der Waals surface area (Å²) in [6.45, 7) is 2.06. The number of nitrogens with zero attached hydrogens (tertiary/aromatic N) is 4. The fraction of sp³-hybridized carbons (Fsp3) is 0.0930. The summed E-state index contributed by atoms with van der Waals surface area (Å²) in [5.74, 6) is 0.678. The summed E-state index contributed by atoms with van der Waals surface area (Å²) < 4.78 is 18.2. The first-order valence-electron chi connectivity index (χ1n) is 16.4. The van der Waals surface area contributed by atoms with Crippen LogP contribution in [0.25, 0.3) is 11.4 Å². The van der Waals surface area contributed by atoms with Crippen molar-refractivity contribution in [1.82, 2.24) is 14.8 Å². The van der Waals surface area contributed by atoms with Crippen LogP contribution in [0.4, 0.5) is 10.1 Å². The van der Waals surface area contributed by atoms with Gasteiger partial charge in [0.05, 0.1) is 11.6 Å². The van der Waals surface area contributed by atoms with E-state index >= 15 is 4.39 Å². The molecule has 0 fully saturated rings. The van der Waals surface area contributed by atoms with E-state index in [0.717, 1.165) is 34.2 Å². The average Bonchev–Trinajstić information content (AvgIpc) is 3.62. The molecule has 7 rings (SSSR count). The van der Waals surface area contributed by atoms with E-state index < -0.39 is 11.6 Å². The number of nitriles is 1. The van der Waals surface area contributed by atoms with Gasteiger partial charge in [0.25, 0.3) is 0 Å². The zero-order valence-electron chi connectivity index (χ0n) is 27.0. The van der Waals surface area contributed by atoms with Crippen LogP contribution in [0.2, 0.25) is 0 Å². The number of hydrogen-bond donors (Lipinski definition) is 1. The number of benzene rings is 6. The Morgan fingerprint density at radius 1 is 0.714 bits per heavy atom. The third kappa shape index (κ3) is 5.99. The lowest BCUT2D eigenvalue weighted by atomic mass is 9.77. The largest absolute Gasteiger partial charge is 0.371 e. The minimum atomic E-state index is -1.01. The normalized spacial score (nSPS) is 11.9. The molecule has 1 aromatic heterocycles. The molecule has 1 N–H and O–H groups in total. The quantitative estimate of drug-likeness (QED) is 0.151. The molecule has 6 heteroatoms. The van der Waals surface area contributed by atoms with Gasteiger partial charge in [0.15, 0.2) is 11.6 Å². The molecule has 1 heterocycles. The van der Waals surface area contributed by atoms with Crippen molar-refractivity contribution >= 4 is 5.69 Å². The molecular weight excluding hydrogens is 606 g/mol. The lowest BCUT2D eigenvalue weighted by Gasteiger charge is -2.38. The van der Waals surface area contributed by atoms with Gasteiger partial charge in [0.1, 0.15) is 17.4 Å². The van der Waals surface area contributed by atoms with Crippen LogP contribution >= 0.6 is 0 Å². The first-order chi connectivity index (χ1) is 24.1. The molecule has 0 spiro atoms. The molecule has 5 nitrogen and oxygen atoms in total. The second kappa shape index (κ2) is 13.8. The van der Waals surface area contributed by atoms with E-state index in [4.69, 9.17) is 10.1 Å². The highest BCUT2D eigenvalue weighted by Gasteiger charge is 2.43. The second-order valence-corrected chi connectivity index (χ2v) is 11.9. The number of rotatable bonds is 10. The fourth-order valence-corrected chi connectivity index (χ4v) is 6.50. The standard InChI is InChI=1S/C43H34FN5/c1-2-31-25-28-39(44)38(29-31)40(46-37-26-23-32(30-45)24-27-37)42-47-41(33-15-7-3-8-16-33)48-49(42)43(34-17-9-4-10-18-34,35-19-11-5-12-20-35)36-21-13-6-14-22-36/h3-29,40,46H,2H2,1H3.